The summed E-state index contributed by atoms with van der Waals surface area (Å²) in [5.74, 6) is 0.311. The van der Waals surface area contributed by atoms with Gasteiger partial charge in [-0.1, -0.05) is 43.7 Å². The molecule has 8 heteroatoms. The zero-order valence-corrected chi connectivity index (χ0v) is 28.4. The van der Waals surface area contributed by atoms with Crippen molar-refractivity contribution in [2.24, 2.45) is 5.41 Å². The minimum absolute atomic E-state index is 0.195. The van der Waals surface area contributed by atoms with Crippen molar-refractivity contribution < 1.29 is 19.1 Å². The second kappa shape index (κ2) is 14.8. The Bertz CT molecular complexity index is 1470. The van der Waals surface area contributed by atoms with Crippen LogP contribution in [0.4, 0.5) is 4.79 Å². The van der Waals surface area contributed by atoms with E-state index in [9.17, 15) is 9.59 Å². The minimum Gasteiger partial charge on any atom is -0.444 e. The third-order valence-corrected chi connectivity index (χ3v) is 9.37. The zero-order valence-electron chi connectivity index (χ0n) is 28.4. The monoisotopic (exact) mass is 628 g/mol. The first-order valence-corrected chi connectivity index (χ1v) is 17.2. The number of benzene rings is 2. The molecule has 3 aromatic rings. The lowest BCUT2D eigenvalue weighted by Gasteiger charge is -2.37. The van der Waals surface area contributed by atoms with Gasteiger partial charge >= 0.3 is 12.1 Å². The summed E-state index contributed by atoms with van der Waals surface area (Å²) in [5, 5.41) is 2.90. The highest BCUT2D eigenvalue weighted by atomic mass is 16.6. The number of alkyl carbamates (subject to hydrolysis) is 1. The van der Waals surface area contributed by atoms with Gasteiger partial charge in [-0.3, -0.25) is 4.79 Å². The molecular weight excluding hydrogens is 576 g/mol. The highest BCUT2D eigenvalue weighted by Gasteiger charge is 2.44. The van der Waals surface area contributed by atoms with Gasteiger partial charge in [-0.05, 0) is 121 Å². The lowest BCUT2D eigenvalue weighted by atomic mass is 9.73. The van der Waals surface area contributed by atoms with Gasteiger partial charge in [0.2, 0.25) is 0 Å². The van der Waals surface area contributed by atoms with Gasteiger partial charge in [0.25, 0.3) is 0 Å². The van der Waals surface area contributed by atoms with E-state index in [1.165, 1.54) is 35.3 Å². The number of nitrogens with zero attached hydrogens (tertiary/aromatic N) is 3. The van der Waals surface area contributed by atoms with Crippen molar-refractivity contribution in [1.82, 2.24) is 19.8 Å². The molecule has 1 aromatic heterocycles. The summed E-state index contributed by atoms with van der Waals surface area (Å²) in [4.78, 5) is 34.4. The van der Waals surface area contributed by atoms with Crippen LogP contribution >= 0.6 is 0 Å². The topological polar surface area (TPSA) is 85.7 Å². The molecule has 1 amide bonds. The molecule has 1 saturated heterocycles. The maximum Gasteiger partial charge on any atom is 0.407 e. The quantitative estimate of drug-likeness (QED) is 0.122. The Morgan fingerprint density at radius 2 is 1.80 bits per heavy atom. The molecule has 1 fully saturated rings. The molecule has 2 atom stereocenters. The maximum absolute atomic E-state index is 14.5. The number of amides is 1. The number of esters is 1. The van der Waals surface area contributed by atoms with E-state index in [0.29, 0.717) is 38.0 Å². The van der Waals surface area contributed by atoms with Crippen molar-refractivity contribution in [3.05, 3.63) is 77.4 Å². The Balaban J connectivity index is 1.45. The Morgan fingerprint density at radius 1 is 1.04 bits per heavy atom. The van der Waals surface area contributed by atoms with Gasteiger partial charge in [0.15, 0.2) is 0 Å². The minimum atomic E-state index is -0.839. The lowest BCUT2D eigenvalue weighted by molar-refractivity contribution is -0.148. The van der Waals surface area contributed by atoms with Crippen LogP contribution in [0.5, 0.6) is 5.75 Å². The number of nitrogens with one attached hydrogen (secondary N) is 1. The van der Waals surface area contributed by atoms with Crippen LogP contribution in [0.3, 0.4) is 0 Å². The fourth-order valence-corrected chi connectivity index (χ4v) is 7.15. The van der Waals surface area contributed by atoms with E-state index in [-0.39, 0.29) is 12.0 Å². The van der Waals surface area contributed by atoms with Crippen LogP contribution in [-0.2, 0) is 35.2 Å². The first-order chi connectivity index (χ1) is 22.1. The normalized spacial score (nSPS) is 16.6. The van der Waals surface area contributed by atoms with Crippen LogP contribution < -0.4 is 10.1 Å². The number of ether oxygens (including phenoxy) is 2. The van der Waals surface area contributed by atoms with Gasteiger partial charge < -0.3 is 24.3 Å². The summed E-state index contributed by atoms with van der Waals surface area (Å²) in [6, 6.07) is 16.4. The third-order valence-electron chi connectivity index (χ3n) is 9.37. The molecule has 2 aliphatic heterocycles. The Hall–Kier alpha value is -3.65. The number of likely N-dealkylation sites (tertiary alicyclic amines) is 1. The summed E-state index contributed by atoms with van der Waals surface area (Å²) >= 11 is 0. The molecule has 0 aliphatic carbocycles. The molecule has 0 spiro atoms. The maximum atomic E-state index is 14.5. The summed E-state index contributed by atoms with van der Waals surface area (Å²) in [6.07, 6.45) is 10.2. The highest BCUT2D eigenvalue weighted by molar-refractivity contribution is 5.80. The van der Waals surface area contributed by atoms with Crippen LogP contribution in [0.2, 0.25) is 0 Å². The number of carbonyl (C=O) groups excluding carboxylic acids is 2. The van der Waals surface area contributed by atoms with E-state index in [2.05, 4.69) is 46.8 Å². The largest absolute Gasteiger partial charge is 0.444 e. The molecule has 5 rings (SSSR count). The van der Waals surface area contributed by atoms with Gasteiger partial charge in [0, 0.05) is 30.4 Å². The Morgan fingerprint density at radius 3 is 2.52 bits per heavy atom. The van der Waals surface area contributed by atoms with E-state index in [1.54, 1.807) is 0 Å². The van der Waals surface area contributed by atoms with Gasteiger partial charge in [-0.15, -0.1) is 0 Å². The smallest absolute Gasteiger partial charge is 0.407 e. The summed E-state index contributed by atoms with van der Waals surface area (Å²) in [6.45, 7) is 12.5. The lowest BCUT2D eigenvalue weighted by Crippen LogP contribution is -2.44. The number of carbonyl (C=O) groups is 2. The average molecular weight is 629 g/mol. The number of hydrogen-bond acceptors (Lipinski definition) is 6. The van der Waals surface area contributed by atoms with Gasteiger partial charge in [-0.25, -0.2) is 9.78 Å². The fourth-order valence-electron chi connectivity index (χ4n) is 7.15. The number of fused-ring (bicyclic) bond motifs is 3. The van der Waals surface area contributed by atoms with Gasteiger partial charge in [0.05, 0.1) is 17.4 Å². The second-order valence-corrected chi connectivity index (χ2v) is 14.2. The summed E-state index contributed by atoms with van der Waals surface area (Å²) < 4.78 is 13.9. The number of imidazole rings is 1. The number of aromatic nitrogens is 2. The number of aryl methyl sites for hydroxylation is 2. The summed E-state index contributed by atoms with van der Waals surface area (Å²) in [7, 11) is 0. The van der Waals surface area contributed by atoms with Crippen molar-refractivity contribution in [1.29, 1.82) is 0 Å². The van der Waals surface area contributed by atoms with Gasteiger partial charge in [0.1, 0.15) is 11.4 Å². The number of rotatable bonds is 13. The molecular formula is C38H52N4O4. The van der Waals surface area contributed by atoms with E-state index in [0.717, 1.165) is 44.5 Å². The SMILES string of the molecule is CCCc1ccc2c(c1)CCc1c(C[C@](CCCNC(=O)OC(C)(C)C)(CC(C)N3CCCC3)C(=O)Oc3ccccc3)ncn1-2. The summed E-state index contributed by atoms with van der Waals surface area (Å²) in [5.41, 5.74) is 4.64. The number of hydrogen-bond donors (Lipinski definition) is 1. The third kappa shape index (κ3) is 8.38. The number of para-hydroxylation sites is 1. The van der Waals surface area contributed by atoms with Crippen LogP contribution in [0.1, 0.15) is 95.7 Å². The Kier molecular flexibility index (Phi) is 10.9. The van der Waals surface area contributed by atoms with Crippen LogP contribution in [0.25, 0.3) is 5.69 Å². The molecule has 1 N–H and O–H groups in total. The zero-order chi connectivity index (χ0) is 32.7. The first kappa shape index (κ1) is 33.7. The van der Waals surface area contributed by atoms with Crippen molar-refractivity contribution >= 4 is 12.1 Å². The van der Waals surface area contributed by atoms with Crippen LogP contribution in [0, 0.1) is 5.41 Å². The Labute approximate surface area is 274 Å². The standard InChI is InChI=1S/C38H52N4O4/c1-6-13-29-16-18-33-30(24-29)17-19-34-32(40-27-42(33)34)26-38(25-28(2)41-22-10-11-23-41,35(43)45-31-14-8-7-9-15-31)20-12-21-39-36(44)46-37(3,4)5/h7-9,14-16,18,24,27-28H,6,10-13,17,19-23,25-26H2,1-5H3,(H,39,44)/t28?,38-/m0/s1. The molecule has 2 aromatic carbocycles. The van der Waals surface area contributed by atoms with Crippen LogP contribution in [0.15, 0.2) is 54.9 Å². The highest BCUT2D eigenvalue weighted by Crippen LogP contribution is 2.39. The molecule has 2 aliphatic rings. The predicted octanol–water partition coefficient (Wildman–Crippen LogP) is 7.24. The molecule has 46 heavy (non-hydrogen) atoms. The van der Waals surface area contributed by atoms with Crippen molar-refractivity contribution in [2.45, 2.75) is 110 Å². The van der Waals surface area contributed by atoms with Crippen LogP contribution in [-0.4, -0.2) is 57.8 Å². The van der Waals surface area contributed by atoms with Crippen molar-refractivity contribution in [3.8, 4) is 11.4 Å². The first-order valence-electron chi connectivity index (χ1n) is 17.2. The molecule has 8 nitrogen and oxygen atoms in total. The fraction of sp³-hybridized carbons (Fsp3) is 0.553. The van der Waals surface area contributed by atoms with Gasteiger partial charge in [-0.2, -0.15) is 0 Å². The van der Waals surface area contributed by atoms with E-state index < -0.39 is 17.1 Å². The van der Waals surface area contributed by atoms with E-state index in [4.69, 9.17) is 14.5 Å². The molecule has 0 bridgehead atoms. The van der Waals surface area contributed by atoms with E-state index in [1.807, 2.05) is 57.4 Å². The molecule has 0 radical (unpaired) electrons. The molecule has 0 saturated carbocycles. The predicted molar refractivity (Wildman–Crippen MR) is 182 cm³/mol. The molecule has 1 unspecified atom stereocenters. The molecule has 3 heterocycles. The van der Waals surface area contributed by atoms with E-state index >= 15 is 0 Å². The average Bonchev–Trinajstić information content (AvgIpc) is 3.70. The second-order valence-electron chi connectivity index (χ2n) is 14.2. The van der Waals surface area contributed by atoms with Crippen molar-refractivity contribution in [2.75, 3.05) is 19.6 Å². The van der Waals surface area contributed by atoms with Crippen molar-refractivity contribution in [3.63, 3.8) is 0 Å². The molecule has 248 valence electrons.